The Kier molecular flexibility index (Phi) is 4.57. The van der Waals surface area contributed by atoms with Crippen molar-refractivity contribution < 1.29 is 24.2 Å². The predicted octanol–water partition coefficient (Wildman–Crippen LogP) is 1.95. The Morgan fingerprint density at radius 1 is 1.29 bits per heavy atom. The van der Waals surface area contributed by atoms with Gasteiger partial charge in [0.15, 0.2) is 11.5 Å². The van der Waals surface area contributed by atoms with Crippen molar-refractivity contribution in [1.82, 2.24) is 5.32 Å². The van der Waals surface area contributed by atoms with Crippen LogP contribution in [0.25, 0.3) is 0 Å². The van der Waals surface area contributed by atoms with Crippen molar-refractivity contribution in [2.24, 2.45) is 5.92 Å². The van der Waals surface area contributed by atoms with Crippen LogP contribution in [-0.2, 0) is 4.79 Å². The number of carbonyl (C=O) groups is 2. The number of carboxylic acid groups (broad SMARTS) is 1. The molecule has 1 unspecified atom stereocenters. The molecule has 1 heterocycles. The SMILES string of the molecule is CC(C)C(NC(=O)c1cc(Cl)c2c(c1)OCCO2)C(=O)O. The van der Waals surface area contributed by atoms with Gasteiger partial charge < -0.3 is 19.9 Å². The summed E-state index contributed by atoms with van der Waals surface area (Å²) in [5, 5.41) is 11.8. The molecule has 1 aliphatic heterocycles. The number of carboxylic acids is 1. The van der Waals surface area contributed by atoms with E-state index in [-0.39, 0.29) is 16.5 Å². The topological polar surface area (TPSA) is 84.9 Å². The van der Waals surface area contributed by atoms with E-state index in [9.17, 15) is 9.59 Å². The fourth-order valence-electron chi connectivity index (χ4n) is 1.98. The maximum atomic E-state index is 12.2. The zero-order valence-corrected chi connectivity index (χ0v) is 12.4. The fraction of sp³-hybridized carbons (Fsp3) is 0.429. The van der Waals surface area contributed by atoms with E-state index in [1.165, 1.54) is 12.1 Å². The van der Waals surface area contributed by atoms with Crippen LogP contribution >= 0.6 is 11.6 Å². The number of rotatable bonds is 4. The molecule has 21 heavy (non-hydrogen) atoms. The average molecular weight is 314 g/mol. The molecule has 1 atom stereocenters. The zero-order chi connectivity index (χ0) is 15.6. The predicted molar refractivity (Wildman–Crippen MR) is 76.2 cm³/mol. The van der Waals surface area contributed by atoms with Crippen LogP contribution in [0.2, 0.25) is 5.02 Å². The number of fused-ring (bicyclic) bond motifs is 1. The van der Waals surface area contributed by atoms with E-state index < -0.39 is 17.9 Å². The van der Waals surface area contributed by atoms with Gasteiger partial charge in [-0.3, -0.25) is 4.79 Å². The summed E-state index contributed by atoms with van der Waals surface area (Å²) in [6.45, 7) is 4.20. The number of carbonyl (C=O) groups excluding carboxylic acids is 1. The Hall–Kier alpha value is -1.95. The second-order valence-corrected chi connectivity index (χ2v) is 5.42. The molecular formula is C14H16ClNO5. The fourth-order valence-corrected chi connectivity index (χ4v) is 2.25. The molecule has 6 nitrogen and oxygen atoms in total. The molecule has 7 heteroatoms. The average Bonchev–Trinajstić information content (AvgIpc) is 2.43. The normalized spacial score (nSPS) is 14.7. The van der Waals surface area contributed by atoms with Gasteiger partial charge in [-0.05, 0) is 18.1 Å². The van der Waals surface area contributed by atoms with Gasteiger partial charge >= 0.3 is 5.97 Å². The van der Waals surface area contributed by atoms with Crippen molar-refractivity contribution in [3.63, 3.8) is 0 Å². The number of benzene rings is 1. The number of amides is 1. The van der Waals surface area contributed by atoms with Gasteiger partial charge in [-0.15, -0.1) is 0 Å². The standard InChI is InChI=1S/C14H16ClNO5/c1-7(2)11(14(18)19)16-13(17)8-5-9(15)12-10(6-8)20-3-4-21-12/h5-7,11H,3-4H2,1-2H3,(H,16,17)(H,18,19). The maximum absolute atomic E-state index is 12.2. The van der Waals surface area contributed by atoms with Crippen molar-refractivity contribution in [2.45, 2.75) is 19.9 Å². The van der Waals surface area contributed by atoms with Gasteiger partial charge in [-0.2, -0.15) is 0 Å². The van der Waals surface area contributed by atoms with Gasteiger partial charge in [-0.1, -0.05) is 25.4 Å². The number of aliphatic carboxylic acids is 1. The highest BCUT2D eigenvalue weighted by molar-refractivity contribution is 6.32. The number of ether oxygens (including phenoxy) is 2. The molecule has 2 rings (SSSR count). The van der Waals surface area contributed by atoms with Gasteiger partial charge in [0.2, 0.25) is 0 Å². The first-order chi connectivity index (χ1) is 9.90. The summed E-state index contributed by atoms with van der Waals surface area (Å²) in [7, 11) is 0. The molecule has 1 aliphatic rings. The molecule has 1 aromatic carbocycles. The minimum Gasteiger partial charge on any atom is -0.486 e. The quantitative estimate of drug-likeness (QED) is 0.887. The molecule has 1 amide bonds. The van der Waals surface area contributed by atoms with E-state index in [2.05, 4.69) is 5.32 Å². The second kappa shape index (κ2) is 6.22. The summed E-state index contributed by atoms with van der Waals surface area (Å²) < 4.78 is 10.8. The number of hydrogen-bond acceptors (Lipinski definition) is 4. The van der Waals surface area contributed by atoms with Crippen molar-refractivity contribution in [1.29, 1.82) is 0 Å². The van der Waals surface area contributed by atoms with Crippen LogP contribution in [0, 0.1) is 5.92 Å². The van der Waals surface area contributed by atoms with Crippen molar-refractivity contribution in [3.05, 3.63) is 22.7 Å². The van der Waals surface area contributed by atoms with Crippen LogP contribution in [-0.4, -0.2) is 36.2 Å². The van der Waals surface area contributed by atoms with Crippen molar-refractivity contribution in [3.8, 4) is 11.5 Å². The van der Waals surface area contributed by atoms with Gasteiger partial charge in [0, 0.05) is 5.56 Å². The minimum atomic E-state index is -1.08. The summed E-state index contributed by atoms with van der Waals surface area (Å²) in [6.07, 6.45) is 0. The smallest absolute Gasteiger partial charge is 0.326 e. The Bertz CT molecular complexity index is 573. The number of nitrogens with one attached hydrogen (secondary N) is 1. The van der Waals surface area contributed by atoms with Gasteiger partial charge in [0.25, 0.3) is 5.91 Å². The Morgan fingerprint density at radius 2 is 1.95 bits per heavy atom. The molecule has 2 N–H and O–H groups in total. The molecule has 0 spiro atoms. The van der Waals surface area contributed by atoms with Crippen LogP contribution in [0.15, 0.2) is 12.1 Å². The minimum absolute atomic E-state index is 0.233. The van der Waals surface area contributed by atoms with Crippen LogP contribution in [0.3, 0.4) is 0 Å². The van der Waals surface area contributed by atoms with E-state index in [4.69, 9.17) is 26.2 Å². The van der Waals surface area contributed by atoms with Crippen LogP contribution < -0.4 is 14.8 Å². The van der Waals surface area contributed by atoms with E-state index >= 15 is 0 Å². The lowest BCUT2D eigenvalue weighted by atomic mass is 10.0. The summed E-state index contributed by atoms with van der Waals surface area (Å²) >= 11 is 6.05. The first-order valence-electron chi connectivity index (χ1n) is 6.53. The molecule has 1 aromatic rings. The Labute approximate surface area is 127 Å². The zero-order valence-electron chi connectivity index (χ0n) is 11.7. The molecule has 0 aromatic heterocycles. The molecule has 0 bridgehead atoms. The number of halogens is 1. The largest absolute Gasteiger partial charge is 0.486 e. The third-order valence-corrected chi connectivity index (χ3v) is 3.36. The van der Waals surface area contributed by atoms with Crippen molar-refractivity contribution >= 4 is 23.5 Å². The molecular weight excluding hydrogens is 298 g/mol. The Balaban J connectivity index is 2.23. The van der Waals surface area contributed by atoms with Gasteiger partial charge in [-0.25, -0.2) is 4.79 Å². The molecule has 0 saturated carbocycles. The highest BCUT2D eigenvalue weighted by atomic mass is 35.5. The van der Waals surface area contributed by atoms with Crippen LogP contribution in [0.4, 0.5) is 0 Å². The monoisotopic (exact) mass is 313 g/mol. The molecule has 0 saturated heterocycles. The van der Waals surface area contributed by atoms with E-state index in [0.717, 1.165) is 0 Å². The lowest BCUT2D eigenvalue weighted by Gasteiger charge is -2.21. The van der Waals surface area contributed by atoms with E-state index in [1.807, 2.05) is 0 Å². The second-order valence-electron chi connectivity index (χ2n) is 5.02. The first-order valence-corrected chi connectivity index (χ1v) is 6.90. The van der Waals surface area contributed by atoms with Gasteiger partial charge in [0.1, 0.15) is 19.3 Å². The Morgan fingerprint density at radius 3 is 2.57 bits per heavy atom. The van der Waals surface area contributed by atoms with E-state index in [0.29, 0.717) is 24.7 Å². The van der Waals surface area contributed by atoms with E-state index in [1.54, 1.807) is 13.8 Å². The third kappa shape index (κ3) is 3.39. The summed E-state index contributed by atoms with van der Waals surface area (Å²) in [6, 6.07) is 1.96. The lowest BCUT2D eigenvalue weighted by Crippen LogP contribution is -2.44. The number of hydrogen-bond donors (Lipinski definition) is 2. The summed E-state index contributed by atoms with van der Waals surface area (Å²) in [4.78, 5) is 23.3. The van der Waals surface area contributed by atoms with Crippen LogP contribution in [0.1, 0.15) is 24.2 Å². The summed E-state index contributed by atoms with van der Waals surface area (Å²) in [5.74, 6) is -1.05. The van der Waals surface area contributed by atoms with Crippen LogP contribution in [0.5, 0.6) is 11.5 Å². The van der Waals surface area contributed by atoms with Crippen molar-refractivity contribution in [2.75, 3.05) is 13.2 Å². The summed E-state index contributed by atoms with van der Waals surface area (Å²) in [5.41, 5.74) is 0.233. The lowest BCUT2D eigenvalue weighted by molar-refractivity contribution is -0.140. The highest BCUT2D eigenvalue weighted by Crippen LogP contribution is 2.38. The van der Waals surface area contributed by atoms with Gasteiger partial charge in [0.05, 0.1) is 5.02 Å². The molecule has 114 valence electrons. The third-order valence-electron chi connectivity index (χ3n) is 3.08. The highest BCUT2D eigenvalue weighted by Gasteiger charge is 2.25. The molecule has 0 radical (unpaired) electrons. The molecule has 0 aliphatic carbocycles. The first kappa shape index (κ1) is 15.4. The maximum Gasteiger partial charge on any atom is 0.326 e. The molecule has 0 fully saturated rings.